The van der Waals surface area contributed by atoms with Crippen LogP contribution < -0.4 is 10.6 Å². The van der Waals surface area contributed by atoms with Crippen molar-refractivity contribution >= 4 is 29.3 Å². The Hall–Kier alpha value is -3.02. The van der Waals surface area contributed by atoms with Gasteiger partial charge in [-0.2, -0.15) is 0 Å². The summed E-state index contributed by atoms with van der Waals surface area (Å²) in [5.41, 5.74) is 0.922. The summed E-state index contributed by atoms with van der Waals surface area (Å²) in [6.45, 7) is 7.13. The number of carbonyl (C=O) groups excluding carboxylic acids is 4. The molecule has 262 valence electrons. The van der Waals surface area contributed by atoms with Gasteiger partial charge in [-0.1, -0.05) is 6.07 Å². The minimum atomic E-state index is -1.00. The van der Waals surface area contributed by atoms with Crippen LogP contribution in [0, 0.1) is 0 Å². The van der Waals surface area contributed by atoms with E-state index in [4.69, 9.17) is 37.9 Å². The highest BCUT2D eigenvalue weighted by molar-refractivity contribution is 6.25. The zero-order valence-corrected chi connectivity index (χ0v) is 26.9. The lowest BCUT2D eigenvalue weighted by molar-refractivity contribution is -0.169. The maximum Gasteiger partial charge on any atom is 0.264 e. The molecule has 1 aromatic carbocycles. The number of hydrogen-bond donors (Lipinski definition) is 2. The highest BCUT2D eigenvalue weighted by atomic mass is 16.7. The van der Waals surface area contributed by atoms with Gasteiger partial charge in [0.15, 0.2) is 6.29 Å². The number of nitrogens with one attached hydrogen (secondary N) is 2. The molecule has 0 spiro atoms. The second-order valence-corrected chi connectivity index (χ2v) is 10.9. The molecule has 2 unspecified atom stereocenters. The van der Waals surface area contributed by atoms with Crippen LogP contribution in [0.2, 0.25) is 0 Å². The van der Waals surface area contributed by atoms with Crippen molar-refractivity contribution < 1.29 is 57.1 Å². The summed E-state index contributed by atoms with van der Waals surface area (Å²) in [5.74, 6) is -2.15. The lowest BCUT2D eigenvalue weighted by atomic mass is 10.0. The molecule has 47 heavy (non-hydrogen) atoms. The summed E-state index contributed by atoms with van der Waals surface area (Å²) in [4.78, 5) is 50.8. The second kappa shape index (κ2) is 21.1. The first-order chi connectivity index (χ1) is 23.1. The van der Waals surface area contributed by atoms with Gasteiger partial charge in [0, 0.05) is 25.3 Å². The van der Waals surface area contributed by atoms with Crippen LogP contribution in [0.3, 0.4) is 0 Å². The molecular formula is C32H47N3O12. The Morgan fingerprint density at radius 1 is 0.723 bits per heavy atom. The SMILES string of the molecule is O=C1CCC(N2C(=O)c3cccc(NCCOCCOCCOCCOCCOCCOCCOC4CCCCO4)c3C2=O)C(=O)N1. The van der Waals surface area contributed by atoms with Crippen LogP contribution in [0.5, 0.6) is 0 Å². The topological polar surface area (TPSA) is 169 Å². The molecule has 0 aliphatic carbocycles. The van der Waals surface area contributed by atoms with Gasteiger partial charge in [0.25, 0.3) is 11.8 Å². The number of ether oxygens (including phenoxy) is 8. The summed E-state index contributed by atoms with van der Waals surface area (Å²) < 4.78 is 44.1. The number of benzene rings is 1. The number of anilines is 1. The van der Waals surface area contributed by atoms with Gasteiger partial charge in [0.2, 0.25) is 11.8 Å². The molecule has 3 heterocycles. The summed E-state index contributed by atoms with van der Waals surface area (Å²) >= 11 is 0. The number of imide groups is 2. The first kappa shape index (κ1) is 36.8. The average Bonchev–Trinajstić information content (AvgIpc) is 3.33. The summed E-state index contributed by atoms with van der Waals surface area (Å²) in [5, 5.41) is 5.33. The fourth-order valence-corrected chi connectivity index (χ4v) is 5.20. The predicted molar refractivity (Wildman–Crippen MR) is 166 cm³/mol. The van der Waals surface area contributed by atoms with Crippen molar-refractivity contribution in [3.05, 3.63) is 29.3 Å². The Labute approximate surface area is 274 Å². The van der Waals surface area contributed by atoms with E-state index >= 15 is 0 Å². The standard InChI is InChI=1S/C32H47N3O12/c36-27-8-7-26(30(37)34-27)35-31(38)24-4-3-5-25(29(24)32(35)39)33-9-11-40-12-13-41-14-15-42-16-17-43-18-19-44-20-21-45-22-23-47-28-6-1-2-10-46-28/h3-5,26,28,33H,1-2,6-23H2,(H,34,36,37). The average molecular weight is 666 g/mol. The molecule has 3 aliphatic heterocycles. The molecule has 2 N–H and O–H groups in total. The molecule has 3 aliphatic rings. The van der Waals surface area contributed by atoms with Gasteiger partial charge in [0.1, 0.15) is 6.04 Å². The van der Waals surface area contributed by atoms with Gasteiger partial charge in [-0.15, -0.1) is 0 Å². The molecular weight excluding hydrogens is 618 g/mol. The minimum absolute atomic E-state index is 0.0703. The molecule has 0 radical (unpaired) electrons. The Balaban J connectivity index is 0.917. The number of carbonyl (C=O) groups is 4. The van der Waals surface area contributed by atoms with Crippen LogP contribution in [0.4, 0.5) is 5.69 Å². The molecule has 0 bridgehead atoms. The molecule has 15 heteroatoms. The van der Waals surface area contributed by atoms with E-state index in [1.165, 1.54) is 0 Å². The highest BCUT2D eigenvalue weighted by Gasteiger charge is 2.45. The Morgan fingerprint density at radius 3 is 1.89 bits per heavy atom. The third-order valence-corrected chi connectivity index (χ3v) is 7.56. The fraction of sp³-hybridized carbons (Fsp3) is 0.688. The molecule has 4 rings (SSSR count). The molecule has 0 aromatic heterocycles. The van der Waals surface area contributed by atoms with Crippen molar-refractivity contribution in [3.63, 3.8) is 0 Å². The van der Waals surface area contributed by atoms with Gasteiger partial charge in [-0.25, -0.2) is 0 Å². The summed E-state index contributed by atoms with van der Waals surface area (Å²) in [6, 6.07) is 3.92. The van der Waals surface area contributed by atoms with Crippen molar-refractivity contribution in [2.75, 3.05) is 104 Å². The molecule has 2 atom stereocenters. The normalized spacial score (nSPS) is 19.7. The number of fused-ring (bicyclic) bond motifs is 1. The van der Waals surface area contributed by atoms with Crippen LogP contribution in [0.25, 0.3) is 0 Å². The number of hydrogen-bond acceptors (Lipinski definition) is 13. The number of rotatable bonds is 24. The first-order valence-electron chi connectivity index (χ1n) is 16.3. The maximum absolute atomic E-state index is 13.1. The van der Waals surface area contributed by atoms with Gasteiger partial charge in [-0.3, -0.25) is 29.4 Å². The highest BCUT2D eigenvalue weighted by Crippen LogP contribution is 2.32. The van der Waals surface area contributed by atoms with Crippen LogP contribution in [0.1, 0.15) is 52.8 Å². The van der Waals surface area contributed by atoms with Crippen LogP contribution >= 0.6 is 0 Å². The molecule has 2 fully saturated rings. The van der Waals surface area contributed by atoms with E-state index in [9.17, 15) is 19.2 Å². The Bertz CT molecular complexity index is 1150. The zero-order chi connectivity index (χ0) is 33.1. The summed E-state index contributed by atoms with van der Waals surface area (Å²) in [6.07, 6.45) is 3.30. The molecule has 4 amide bonds. The first-order valence-corrected chi connectivity index (χ1v) is 16.3. The van der Waals surface area contributed by atoms with E-state index < -0.39 is 29.7 Å². The number of amides is 4. The van der Waals surface area contributed by atoms with Crippen LogP contribution in [-0.2, 0) is 47.5 Å². The molecule has 0 saturated carbocycles. The van der Waals surface area contributed by atoms with E-state index in [2.05, 4.69) is 10.6 Å². The van der Waals surface area contributed by atoms with Crippen molar-refractivity contribution in [3.8, 4) is 0 Å². The van der Waals surface area contributed by atoms with Crippen molar-refractivity contribution in [2.24, 2.45) is 0 Å². The van der Waals surface area contributed by atoms with E-state index in [1.54, 1.807) is 18.2 Å². The predicted octanol–water partition coefficient (Wildman–Crippen LogP) is 1.14. The third-order valence-electron chi connectivity index (χ3n) is 7.56. The van der Waals surface area contributed by atoms with Crippen molar-refractivity contribution in [1.29, 1.82) is 0 Å². The van der Waals surface area contributed by atoms with Gasteiger partial charge < -0.3 is 43.2 Å². The van der Waals surface area contributed by atoms with E-state index in [-0.39, 0.29) is 30.3 Å². The minimum Gasteiger partial charge on any atom is -0.382 e. The molecule has 1 aromatic rings. The molecule has 2 saturated heterocycles. The Morgan fingerprint density at radius 2 is 1.32 bits per heavy atom. The van der Waals surface area contributed by atoms with Crippen LogP contribution in [0.15, 0.2) is 18.2 Å². The quantitative estimate of drug-likeness (QED) is 0.119. The van der Waals surface area contributed by atoms with Gasteiger partial charge >= 0.3 is 0 Å². The lowest BCUT2D eigenvalue weighted by Gasteiger charge is -2.27. The number of piperidine rings is 1. The van der Waals surface area contributed by atoms with E-state index in [0.29, 0.717) is 98.1 Å². The van der Waals surface area contributed by atoms with Crippen LogP contribution in [-0.4, -0.2) is 140 Å². The third kappa shape index (κ3) is 12.2. The maximum atomic E-state index is 13.1. The summed E-state index contributed by atoms with van der Waals surface area (Å²) in [7, 11) is 0. The van der Waals surface area contributed by atoms with E-state index in [0.717, 1.165) is 30.8 Å². The zero-order valence-electron chi connectivity index (χ0n) is 26.9. The monoisotopic (exact) mass is 665 g/mol. The number of nitrogens with zero attached hydrogens (tertiary/aromatic N) is 1. The lowest BCUT2D eigenvalue weighted by Crippen LogP contribution is -2.54. The van der Waals surface area contributed by atoms with E-state index in [1.807, 2.05) is 0 Å². The second-order valence-electron chi connectivity index (χ2n) is 10.9. The van der Waals surface area contributed by atoms with Gasteiger partial charge in [-0.05, 0) is 37.8 Å². The largest absolute Gasteiger partial charge is 0.382 e. The Kier molecular flexibility index (Phi) is 16.5. The fourth-order valence-electron chi connectivity index (χ4n) is 5.20. The van der Waals surface area contributed by atoms with Crippen molar-refractivity contribution in [1.82, 2.24) is 10.2 Å². The smallest absolute Gasteiger partial charge is 0.264 e. The van der Waals surface area contributed by atoms with Crippen molar-refractivity contribution in [2.45, 2.75) is 44.4 Å². The molecule has 15 nitrogen and oxygen atoms in total. The van der Waals surface area contributed by atoms with Gasteiger partial charge in [0.05, 0.1) is 97.0 Å².